The van der Waals surface area contributed by atoms with Crippen LogP contribution in [0.3, 0.4) is 0 Å². The lowest BCUT2D eigenvalue weighted by atomic mass is 9.35. The minimum Gasteiger partial charge on any atom is -0.462 e. The van der Waals surface area contributed by atoms with E-state index in [1.807, 2.05) is 0 Å². The smallest absolute Gasteiger partial charge is 0.331 e. The van der Waals surface area contributed by atoms with E-state index in [0.717, 1.165) is 56.9 Å². The van der Waals surface area contributed by atoms with Crippen LogP contribution in [0.2, 0.25) is 0 Å². The Morgan fingerprint density at radius 2 is 1.73 bits per heavy atom. The molecule has 3 aliphatic carbocycles. The van der Waals surface area contributed by atoms with Gasteiger partial charge in [0.05, 0.1) is 23.5 Å². The number of rotatable bonds is 12. The molecule has 3 saturated carbocycles. The van der Waals surface area contributed by atoms with Crippen LogP contribution in [0, 0.1) is 45.8 Å². The Kier molecular flexibility index (Phi) is 11.0. The monoisotopic (exact) mass is 672 g/mol. The molecule has 5 aliphatic rings. The zero-order valence-corrected chi connectivity index (χ0v) is 30.3. The molecule has 6 rings (SSSR count). The first-order valence-corrected chi connectivity index (χ1v) is 19.5. The number of carbonyl (C=O) groups excluding carboxylic acids is 2. The molecular weight excluding hydrogens is 612 g/mol. The molecule has 2 N–H and O–H groups in total. The third kappa shape index (κ3) is 7.01. The van der Waals surface area contributed by atoms with Gasteiger partial charge in [0.25, 0.3) is 0 Å². The van der Waals surface area contributed by atoms with Gasteiger partial charge in [0.15, 0.2) is 0 Å². The maximum atomic E-state index is 13.8. The molecule has 1 aromatic carbocycles. The maximum Gasteiger partial charge on any atom is 0.331 e. The van der Waals surface area contributed by atoms with E-state index in [2.05, 4.69) is 62.9 Å². The van der Waals surface area contributed by atoms with Gasteiger partial charge in [-0.05, 0) is 93.1 Å². The second-order valence-electron chi connectivity index (χ2n) is 16.9. The lowest BCUT2D eigenvalue weighted by molar-refractivity contribution is -0.314. The van der Waals surface area contributed by atoms with Gasteiger partial charge in [-0.2, -0.15) is 0 Å². The van der Waals surface area contributed by atoms with Crippen molar-refractivity contribution in [2.75, 3.05) is 6.61 Å². The molecule has 3 fully saturated rings. The van der Waals surface area contributed by atoms with Gasteiger partial charge in [0, 0.05) is 30.3 Å². The van der Waals surface area contributed by atoms with Crippen LogP contribution in [0.4, 0.5) is 0 Å². The summed E-state index contributed by atoms with van der Waals surface area (Å²) in [6.07, 6.45) is 15.6. The number of aliphatic hydroxyl groups excluding tert-OH is 1. The molecule has 2 heterocycles. The first kappa shape index (κ1) is 36.2. The normalized spacial score (nSPS) is 36.9. The fourth-order valence-corrected chi connectivity index (χ4v) is 11.4. The Morgan fingerprint density at radius 1 is 0.980 bits per heavy atom. The number of ether oxygens (including phenoxy) is 2. The highest BCUT2D eigenvalue weighted by Crippen LogP contribution is 2.71. The summed E-state index contributed by atoms with van der Waals surface area (Å²) in [7, 11) is 0. The van der Waals surface area contributed by atoms with Crippen molar-refractivity contribution < 1.29 is 29.3 Å². The van der Waals surface area contributed by atoms with E-state index >= 15 is 0 Å². The molecule has 0 aromatic heterocycles. The summed E-state index contributed by atoms with van der Waals surface area (Å²) in [5, 5.41) is 26.4. The number of benzene rings is 1. The van der Waals surface area contributed by atoms with Crippen LogP contribution in [0.5, 0.6) is 0 Å². The van der Waals surface area contributed by atoms with E-state index in [1.165, 1.54) is 24.8 Å². The third-order valence-corrected chi connectivity index (χ3v) is 13.9. The summed E-state index contributed by atoms with van der Waals surface area (Å²) in [5.74, 6) is 7.03. The van der Waals surface area contributed by atoms with Gasteiger partial charge >= 0.3 is 11.9 Å². The van der Waals surface area contributed by atoms with Gasteiger partial charge in [-0.15, -0.1) is 5.92 Å². The predicted molar refractivity (Wildman–Crippen MR) is 191 cm³/mol. The van der Waals surface area contributed by atoms with E-state index in [1.54, 1.807) is 6.08 Å². The fraction of sp³-hybridized carbons (Fsp3) is 0.721. The first-order valence-electron chi connectivity index (χ1n) is 19.5. The summed E-state index contributed by atoms with van der Waals surface area (Å²) >= 11 is 0. The minimum absolute atomic E-state index is 0.197. The lowest BCUT2D eigenvalue weighted by Gasteiger charge is -2.71. The Bertz CT molecular complexity index is 1420. The SMILES string of the molecule is CC(CCCc1ccccc1)CCCC12C(O)CCC(C)(C3CCCCC3)C1C1CC(C)(C#CCCC(=O)O1)C2(O)CCC1=CC(=O)OC1. The number of hydrogen-bond acceptors (Lipinski definition) is 6. The van der Waals surface area contributed by atoms with E-state index in [4.69, 9.17) is 9.47 Å². The molecule has 0 radical (unpaired) electrons. The lowest BCUT2D eigenvalue weighted by Crippen LogP contribution is -2.76. The van der Waals surface area contributed by atoms with Crippen molar-refractivity contribution in [3.05, 3.63) is 47.5 Å². The summed E-state index contributed by atoms with van der Waals surface area (Å²) in [6.45, 7) is 7.04. The summed E-state index contributed by atoms with van der Waals surface area (Å²) in [5.41, 5.74) is -1.15. The molecule has 6 heteroatoms. The van der Waals surface area contributed by atoms with Gasteiger partial charge in [0.1, 0.15) is 12.7 Å². The van der Waals surface area contributed by atoms with Crippen LogP contribution >= 0.6 is 0 Å². The highest BCUT2D eigenvalue weighted by atomic mass is 16.5. The van der Waals surface area contributed by atoms with Gasteiger partial charge in [-0.1, -0.05) is 88.6 Å². The molecule has 0 amide bonds. The van der Waals surface area contributed by atoms with Crippen molar-refractivity contribution in [2.45, 2.75) is 154 Å². The molecule has 2 aliphatic heterocycles. The average Bonchev–Trinajstić information content (AvgIpc) is 3.54. The average molecular weight is 673 g/mol. The van der Waals surface area contributed by atoms with Gasteiger partial charge in [0.2, 0.25) is 0 Å². The van der Waals surface area contributed by atoms with Crippen molar-refractivity contribution in [3.63, 3.8) is 0 Å². The van der Waals surface area contributed by atoms with Crippen molar-refractivity contribution in [1.82, 2.24) is 0 Å². The zero-order chi connectivity index (χ0) is 34.7. The predicted octanol–water partition coefficient (Wildman–Crippen LogP) is 8.27. The van der Waals surface area contributed by atoms with E-state index in [9.17, 15) is 19.8 Å². The number of fused-ring (bicyclic) bond motifs is 4. The highest BCUT2D eigenvalue weighted by molar-refractivity contribution is 5.85. The number of aryl methyl sites for hydroxylation is 1. The molecule has 2 bridgehead atoms. The summed E-state index contributed by atoms with van der Waals surface area (Å²) in [4.78, 5) is 25.4. The van der Waals surface area contributed by atoms with Crippen molar-refractivity contribution in [1.29, 1.82) is 0 Å². The Morgan fingerprint density at radius 3 is 2.47 bits per heavy atom. The second-order valence-corrected chi connectivity index (χ2v) is 16.9. The standard InChI is InChI=1S/C43H60O6/c1-31(14-12-18-32-16-6-4-7-17-32)15-13-25-42-36(44)23-26-41(3,34-19-8-5-9-20-34)39(42)35-29-40(2,24-11-10-21-37(45)49-35)43(42,47)27-22-33-28-38(46)48-30-33/h4,6-7,16-17,28,31,34-36,39,44,47H,5,8-10,12-15,18-23,25-27,29-30H2,1-3H3. The van der Waals surface area contributed by atoms with Crippen LogP contribution in [0.25, 0.3) is 0 Å². The van der Waals surface area contributed by atoms with Crippen LogP contribution in [0.15, 0.2) is 42.0 Å². The second kappa shape index (κ2) is 14.9. The summed E-state index contributed by atoms with van der Waals surface area (Å²) < 4.78 is 11.8. The molecule has 8 atom stereocenters. The topological polar surface area (TPSA) is 93.1 Å². The van der Waals surface area contributed by atoms with Crippen LogP contribution in [-0.2, 0) is 25.5 Å². The van der Waals surface area contributed by atoms with E-state index < -0.39 is 28.6 Å². The first-order chi connectivity index (χ1) is 23.5. The third-order valence-electron chi connectivity index (χ3n) is 13.9. The Balaban J connectivity index is 1.38. The quantitative estimate of drug-likeness (QED) is 0.172. The fourth-order valence-electron chi connectivity index (χ4n) is 11.4. The molecule has 268 valence electrons. The van der Waals surface area contributed by atoms with Gasteiger partial charge < -0.3 is 19.7 Å². The number of carbonyl (C=O) groups is 2. The summed E-state index contributed by atoms with van der Waals surface area (Å²) in [6, 6.07) is 10.7. The van der Waals surface area contributed by atoms with Gasteiger partial charge in [-0.3, -0.25) is 4.79 Å². The van der Waals surface area contributed by atoms with E-state index in [0.29, 0.717) is 50.4 Å². The van der Waals surface area contributed by atoms with Crippen molar-refractivity contribution in [3.8, 4) is 11.8 Å². The van der Waals surface area contributed by atoms with Crippen LogP contribution in [0.1, 0.15) is 135 Å². The number of aliphatic hydroxyl groups is 2. The molecular formula is C43H60O6. The number of hydrogen-bond donors (Lipinski definition) is 2. The highest BCUT2D eigenvalue weighted by Gasteiger charge is 2.75. The van der Waals surface area contributed by atoms with Crippen LogP contribution < -0.4 is 0 Å². The zero-order valence-electron chi connectivity index (χ0n) is 30.3. The Hall–Kier alpha value is -2.62. The van der Waals surface area contributed by atoms with Gasteiger partial charge in [-0.25, -0.2) is 4.79 Å². The molecule has 0 spiro atoms. The molecule has 6 nitrogen and oxygen atoms in total. The molecule has 49 heavy (non-hydrogen) atoms. The van der Waals surface area contributed by atoms with E-state index in [-0.39, 0.29) is 36.3 Å². The maximum absolute atomic E-state index is 13.8. The molecule has 8 unspecified atom stereocenters. The van der Waals surface area contributed by atoms with Crippen molar-refractivity contribution in [2.24, 2.45) is 34.0 Å². The molecule has 0 saturated heterocycles. The van der Waals surface area contributed by atoms with Crippen LogP contribution in [-0.4, -0.2) is 46.6 Å². The largest absolute Gasteiger partial charge is 0.462 e. The number of esters is 2. The molecule has 1 aromatic rings. The minimum atomic E-state index is -1.37. The van der Waals surface area contributed by atoms with Crippen molar-refractivity contribution >= 4 is 11.9 Å². The number of cyclic esters (lactones) is 1. The Labute approximate surface area is 294 Å².